The van der Waals surface area contributed by atoms with Crippen molar-refractivity contribution in [2.75, 3.05) is 19.3 Å². The molecule has 2 heterocycles. The minimum absolute atomic E-state index is 0.251. The lowest BCUT2D eigenvalue weighted by Crippen LogP contribution is -2.27. The molecule has 0 spiro atoms. The van der Waals surface area contributed by atoms with Crippen molar-refractivity contribution in [1.29, 1.82) is 0 Å². The minimum Gasteiger partial charge on any atom is -0.467 e. The molecule has 0 fully saturated rings. The summed E-state index contributed by atoms with van der Waals surface area (Å²) in [7, 11) is -3.20. The third-order valence-electron chi connectivity index (χ3n) is 4.32. The van der Waals surface area contributed by atoms with Crippen LogP contribution < -0.4 is 0 Å². The van der Waals surface area contributed by atoms with Crippen LogP contribution in [0.1, 0.15) is 28.9 Å². The summed E-state index contributed by atoms with van der Waals surface area (Å²) < 4.78 is 28.4. The van der Waals surface area contributed by atoms with Crippen LogP contribution in [-0.4, -0.2) is 32.7 Å². The summed E-state index contributed by atoms with van der Waals surface area (Å²) in [6.07, 6.45) is 5.77. The molecule has 1 aromatic heterocycles. The van der Waals surface area contributed by atoms with Gasteiger partial charge < -0.3 is 4.42 Å². The molecule has 4 nitrogen and oxygen atoms in total. The highest BCUT2D eigenvalue weighted by molar-refractivity contribution is 7.90. The van der Waals surface area contributed by atoms with E-state index in [1.807, 2.05) is 0 Å². The molecule has 0 aliphatic carbocycles. The van der Waals surface area contributed by atoms with Crippen molar-refractivity contribution < 1.29 is 12.8 Å². The topological polar surface area (TPSA) is 50.5 Å². The molecule has 24 heavy (non-hydrogen) atoms. The summed E-state index contributed by atoms with van der Waals surface area (Å²) in [5.41, 5.74) is 5.27. The summed E-state index contributed by atoms with van der Waals surface area (Å²) in [6.45, 7) is 6.67. The number of furan rings is 1. The predicted octanol–water partition coefficient (Wildman–Crippen LogP) is 3.59. The Morgan fingerprint density at radius 3 is 2.38 bits per heavy atom. The number of nitrogens with zero attached hydrogens (tertiary/aromatic N) is 1. The van der Waals surface area contributed by atoms with Gasteiger partial charge in [-0.05, 0) is 37.5 Å². The SMILES string of the molecule is Cc1cc(C)cc(C2=CCN(Cc3cc(S(C)(=O)=O)co3)CC2)c1. The Morgan fingerprint density at radius 2 is 1.83 bits per heavy atom. The van der Waals surface area contributed by atoms with Gasteiger partial charge in [0.1, 0.15) is 16.9 Å². The second-order valence-electron chi connectivity index (χ2n) is 6.61. The van der Waals surface area contributed by atoms with E-state index in [0.717, 1.165) is 19.5 Å². The van der Waals surface area contributed by atoms with Gasteiger partial charge in [-0.15, -0.1) is 0 Å². The van der Waals surface area contributed by atoms with Gasteiger partial charge in [-0.25, -0.2) is 8.42 Å². The summed E-state index contributed by atoms with van der Waals surface area (Å²) in [4.78, 5) is 2.51. The van der Waals surface area contributed by atoms with Gasteiger partial charge in [0.05, 0.1) is 6.54 Å². The Bertz CT molecular complexity index is 858. The first-order valence-corrected chi connectivity index (χ1v) is 9.98. The normalized spacial score (nSPS) is 16.2. The Hall–Kier alpha value is -1.85. The number of hydrogen-bond acceptors (Lipinski definition) is 4. The Morgan fingerprint density at radius 1 is 1.12 bits per heavy atom. The third kappa shape index (κ3) is 3.97. The first-order chi connectivity index (χ1) is 11.3. The molecule has 5 heteroatoms. The van der Waals surface area contributed by atoms with Gasteiger partial charge in [0.2, 0.25) is 0 Å². The molecule has 0 saturated carbocycles. The van der Waals surface area contributed by atoms with Crippen LogP contribution in [0.15, 0.2) is 45.9 Å². The molecular weight excluding hydrogens is 322 g/mol. The third-order valence-corrected chi connectivity index (χ3v) is 5.39. The molecule has 0 amide bonds. The quantitative estimate of drug-likeness (QED) is 0.850. The maximum absolute atomic E-state index is 11.5. The highest BCUT2D eigenvalue weighted by Gasteiger charge is 2.17. The van der Waals surface area contributed by atoms with Gasteiger partial charge >= 0.3 is 0 Å². The molecular formula is C19H23NO3S. The van der Waals surface area contributed by atoms with Gasteiger partial charge in [-0.1, -0.05) is 35.4 Å². The number of rotatable bonds is 4. The fraction of sp³-hybridized carbons (Fsp3) is 0.368. The van der Waals surface area contributed by atoms with Gasteiger partial charge in [-0.3, -0.25) is 4.90 Å². The monoisotopic (exact) mass is 345 g/mol. The van der Waals surface area contributed by atoms with E-state index in [9.17, 15) is 8.42 Å². The molecule has 0 saturated heterocycles. The number of benzene rings is 1. The molecule has 2 aromatic rings. The van der Waals surface area contributed by atoms with Crippen LogP contribution in [0.3, 0.4) is 0 Å². The van der Waals surface area contributed by atoms with Gasteiger partial charge in [-0.2, -0.15) is 0 Å². The number of hydrogen-bond donors (Lipinski definition) is 0. The zero-order valence-electron chi connectivity index (χ0n) is 14.4. The maximum atomic E-state index is 11.5. The maximum Gasteiger partial charge on any atom is 0.178 e. The van der Waals surface area contributed by atoms with Crippen molar-refractivity contribution in [1.82, 2.24) is 4.90 Å². The van der Waals surface area contributed by atoms with Crippen LogP contribution in [0.5, 0.6) is 0 Å². The second-order valence-corrected chi connectivity index (χ2v) is 8.63. The summed E-state index contributed by atoms with van der Waals surface area (Å²) >= 11 is 0. The molecule has 0 N–H and O–H groups in total. The Kier molecular flexibility index (Phi) is 4.65. The standard InChI is InChI=1S/C19H23NO3S/c1-14-8-15(2)10-17(9-14)16-4-6-20(7-5-16)12-18-11-19(13-23-18)24(3,21)22/h4,8-11,13H,5-7,12H2,1-3H3. The first-order valence-electron chi connectivity index (χ1n) is 8.09. The van der Waals surface area contributed by atoms with Crippen LogP contribution in [0.2, 0.25) is 0 Å². The van der Waals surface area contributed by atoms with E-state index in [1.165, 1.54) is 34.8 Å². The fourth-order valence-electron chi connectivity index (χ4n) is 3.14. The second kappa shape index (κ2) is 6.57. The molecule has 1 aromatic carbocycles. The zero-order valence-corrected chi connectivity index (χ0v) is 15.2. The Balaban J connectivity index is 1.68. The van der Waals surface area contributed by atoms with Crippen LogP contribution in [0.4, 0.5) is 0 Å². The lowest BCUT2D eigenvalue weighted by Gasteiger charge is -2.25. The van der Waals surface area contributed by atoms with Crippen molar-refractivity contribution in [3.8, 4) is 0 Å². The van der Waals surface area contributed by atoms with Crippen molar-refractivity contribution in [3.05, 3.63) is 59.1 Å². The first kappa shape index (κ1) is 17.0. The molecule has 0 bridgehead atoms. The van der Waals surface area contributed by atoms with E-state index in [4.69, 9.17) is 4.42 Å². The Labute approximate surface area is 143 Å². The molecule has 0 radical (unpaired) electrons. The summed E-state index contributed by atoms with van der Waals surface area (Å²) in [6, 6.07) is 8.28. The van der Waals surface area contributed by atoms with Crippen LogP contribution in [-0.2, 0) is 16.4 Å². The van der Waals surface area contributed by atoms with Crippen molar-refractivity contribution in [2.24, 2.45) is 0 Å². The molecule has 0 unspecified atom stereocenters. The van der Waals surface area contributed by atoms with Gasteiger partial charge in [0.15, 0.2) is 9.84 Å². The fourth-order valence-corrected chi connectivity index (χ4v) is 3.70. The highest BCUT2D eigenvalue weighted by atomic mass is 32.2. The lowest BCUT2D eigenvalue weighted by molar-refractivity contribution is 0.267. The smallest absolute Gasteiger partial charge is 0.178 e. The minimum atomic E-state index is -3.20. The highest BCUT2D eigenvalue weighted by Crippen LogP contribution is 2.25. The summed E-state index contributed by atoms with van der Waals surface area (Å²) in [5, 5.41) is 0. The van der Waals surface area contributed by atoms with Crippen LogP contribution in [0.25, 0.3) is 5.57 Å². The van der Waals surface area contributed by atoms with E-state index in [1.54, 1.807) is 6.07 Å². The molecule has 128 valence electrons. The average Bonchev–Trinajstić information content (AvgIpc) is 2.96. The van der Waals surface area contributed by atoms with Crippen molar-refractivity contribution >= 4 is 15.4 Å². The van der Waals surface area contributed by atoms with Gasteiger partial charge in [0.25, 0.3) is 0 Å². The lowest BCUT2D eigenvalue weighted by atomic mass is 9.96. The average molecular weight is 345 g/mol. The van der Waals surface area contributed by atoms with E-state index >= 15 is 0 Å². The van der Waals surface area contributed by atoms with Crippen molar-refractivity contribution in [3.63, 3.8) is 0 Å². The largest absolute Gasteiger partial charge is 0.467 e. The van der Waals surface area contributed by atoms with E-state index in [-0.39, 0.29) is 4.90 Å². The van der Waals surface area contributed by atoms with E-state index in [2.05, 4.69) is 43.0 Å². The molecule has 0 atom stereocenters. The van der Waals surface area contributed by atoms with Crippen LogP contribution in [0, 0.1) is 13.8 Å². The number of aryl methyl sites for hydroxylation is 2. The molecule has 1 aliphatic heterocycles. The summed E-state index contributed by atoms with van der Waals surface area (Å²) in [5.74, 6) is 0.693. The predicted molar refractivity (Wildman–Crippen MR) is 95.6 cm³/mol. The molecule has 3 rings (SSSR count). The molecule has 1 aliphatic rings. The van der Waals surface area contributed by atoms with E-state index < -0.39 is 9.84 Å². The van der Waals surface area contributed by atoms with E-state index in [0.29, 0.717) is 12.3 Å². The number of sulfone groups is 1. The zero-order chi connectivity index (χ0) is 17.3. The van der Waals surface area contributed by atoms with Gasteiger partial charge in [0, 0.05) is 19.3 Å². The van der Waals surface area contributed by atoms with Crippen molar-refractivity contribution in [2.45, 2.75) is 31.7 Å². The van der Waals surface area contributed by atoms with Crippen LogP contribution >= 0.6 is 0 Å².